The standard InChI is InChI=1S/C10H16O4/c1-6(2)10(14)8(11)4-7(3)5-9(12)13/h6-7H,4-5H2,1-3H3,(H,12,13)/t7-/m0/s1. The quantitative estimate of drug-likeness (QED) is 0.655. The minimum Gasteiger partial charge on any atom is -0.481 e. The summed E-state index contributed by atoms with van der Waals surface area (Å²) in [6.45, 7) is 4.96. The highest BCUT2D eigenvalue weighted by atomic mass is 16.4. The van der Waals surface area contributed by atoms with Gasteiger partial charge in [-0.05, 0) is 5.92 Å². The maximum absolute atomic E-state index is 11.2. The lowest BCUT2D eigenvalue weighted by Crippen LogP contribution is -2.22. The van der Waals surface area contributed by atoms with Gasteiger partial charge in [0.05, 0.1) is 0 Å². The Morgan fingerprint density at radius 1 is 1.07 bits per heavy atom. The minimum atomic E-state index is -0.942. The fraction of sp³-hybridized carbons (Fsp3) is 0.700. The molecule has 0 rings (SSSR count). The van der Waals surface area contributed by atoms with Crippen LogP contribution in [0.3, 0.4) is 0 Å². The van der Waals surface area contributed by atoms with Gasteiger partial charge in [0.25, 0.3) is 0 Å². The number of hydrogen-bond acceptors (Lipinski definition) is 3. The summed E-state index contributed by atoms with van der Waals surface area (Å²) in [6, 6.07) is 0. The van der Waals surface area contributed by atoms with E-state index < -0.39 is 17.5 Å². The van der Waals surface area contributed by atoms with Crippen LogP contribution in [-0.2, 0) is 14.4 Å². The fourth-order valence-corrected chi connectivity index (χ4v) is 1.11. The maximum Gasteiger partial charge on any atom is 0.303 e. The molecule has 0 saturated carbocycles. The van der Waals surface area contributed by atoms with Crippen molar-refractivity contribution in [3.63, 3.8) is 0 Å². The molecule has 0 fully saturated rings. The summed E-state index contributed by atoms with van der Waals surface area (Å²) >= 11 is 0. The van der Waals surface area contributed by atoms with Crippen molar-refractivity contribution in [3.05, 3.63) is 0 Å². The zero-order chi connectivity index (χ0) is 11.3. The first-order valence-electron chi connectivity index (χ1n) is 4.63. The van der Waals surface area contributed by atoms with Crippen molar-refractivity contribution in [2.75, 3.05) is 0 Å². The Kier molecular flexibility index (Phi) is 5.05. The molecule has 0 unspecified atom stereocenters. The van der Waals surface area contributed by atoms with E-state index in [2.05, 4.69) is 0 Å². The Labute approximate surface area is 83.3 Å². The summed E-state index contributed by atoms with van der Waals surface area (Å²) in [5.41, 5.74) is 0. The molecule has 4 heteroatoms. The summed E-state index contributed by atoms with van der Waals surface area (Å²) in [6.07, 6.45) is -0.0412. The molecule has 0 spiro atoms. The second-order valence-corrected chi connectivity index (χ2v) is 3.85. The van der Waals surface area contributed by atoms with Gasteiger partial charge in [0.1, 0.15) is 0 Å². The second kappa shape index (κ2) is 5.52. The third kappa shape index (κ3) is 4.74. The highest BCUT2D eigenvalue weighted by Crippen LogP contribution is 2.10. The molecule has 0 bridgehead atoms. The predicted molar refractivity (Wildman–Crippen MR) is 50.9 cm³/mol. The SMILES string of the molecule is CC(C)C(=O)C(=O)C[C@H](C)CC(=O)O. The molecule has 0 radical (unpaired) electrons. The highest BCUT2D eigenvalue weighted by molar-refractivity contribution is 6.37. The molecule has 0 aromatic carbocycles. The van der Waals surface area contributed by atoms with Gasteiger partial charge in [-0.2, -0.15) is 0 Å². The van der Waals surface area contributed by atoms with Gasteiger partial charge in [0, 0.05) is 18.8 Å². The van der Waals surface area contributed by atoms with E-state index in [1.54, 1.807) is 20.8 Å². The molecule has 1 atom stereocenters. The number of carbonyl (C=O) groups excluding carboxylic acids is 2. The van der Waals surface area contributed by atoms with Crippen molar-refractivity contribution >= 4 is 17.5 Å². The Morgan fingerprint density at radius 3 is 1.93 bits per heavy atom. The Hall–Kier alpha value is -1.19. The topological polar surface area (TPSA) is 71.4 Å². The summed E-state index contributed by atoms with van der Waals surface area (Å²) < 4.78 is 0. The molecule has 0 aromatic heterocycles. The molecular formula is C10H16O4. The van der Waals surface area contributed by atoms with Crippen LogP contribution in [0.4, 0.5) is 0 Å². The number of rotatable bonds is 6. The van der Waals surface area contributed by atoms with Crippen LogP contribution in [0.15, 0.2) is 0 Å². The van der Waals surface area contributed by atoms with E-state index >= 15 is 0 Å². The van der Waals surface area contributed by atoms with Crippen LogP contribution >= 0.6 is 0 Å². The van der Waals surface area contributed by atoms with Crippen LogP contribution in [0.1, 0.15) is 33.6 Å². The number of ketones is 2. The summed E-state index contributed by atoms with van der Waals surface area (Å²) in [5, 5.41) is 8.45. The average molecular weight is 200 g/mol. The van der Waals surface area contributed by atoms with Crippen LogP contribution < -0.4 is 0 Å². The molecule has 14 heavy (non-hydrogen) atoms. The monoisotopic (exact) mass is 200 g/mol. The van der Waals surface area contributed by atoms with Crippen LogP contribution in [0.25, 0.3) is 0 Å². The molecule has 0 aromatic rings. The van der Waals surface area contributed by atoms with Gasteiger partial charge < -0.3 is 5.11 Å². The van der Waals surface area contributed by atoms with Gasteiger partial charge in [-0.1, -0.05) is 20.8 Å². The third-order valence-corrected chi connectivity index (χ3v) is 1.86. The Morgan fingerprint density at radius 2 is 1.57 bits per heavy atom. The van der Waals surface area contributed by atoms with Gasteiger partial charge in [0.15, 0.2) is 5.78 Å². The number of carboxylic acid groups (broad SMARTS) is 1. The molecule has 1 N–H and O–H groups in total. The Balaban J connectivity index is 4.06. The number of hydrogen-bond donors (Lipinski definition) is 1. The van der Waals surface area contributed by atoms with Gasteiger partial charge in [-0.15, -0.1) is 0 Å². The number of aliphatic carboxylic acids is 1. The zero-order valence-corrected chi connectivity index (χ0v) is 8.74. The van der Waals surface area contributed by atoms with E-state index in [0.29, 0.717) is 0 Å². The normalized spacial score (nSPS) is 12.6. The molecule has 4 nitrogen and oxygen atoms in total. The van der Waals surface area contributed by atoms with E-state index in [0.717, 1.165) is 0 Å². The molecule has 0 aliphatic carbocycles. The number of carboxylic acids is 1. The summed E-state index contributed by atoms with van der Waals surface area (Å²) in [7, 11) is 0. The third-order valence-electron chi connectivity index (χ3n) is 1.86. The van der Waals surface area contributed by atoms with E-state index in [1.165, 1.54) is 0 Å². The van der Waals surface area contributed by atoms with Crippen molar-refractivity contribution < 1.29 is 19.5 Å². The lowest BCUT2D eigenvalue weighted by molar-refractivity contribution is -0.140. The molecule has 0 amide bonds. The molecule has 0 saturated heterocycles. The minimum absolute atomic E-state index is 0.0311. The summed E-state index contributed by atoms with van der Waals surface area (Å²) in [5.74, 6) is -2.40. The van der Waals surface area contributed by atoms with Crippen molar-refractivity contribution in [1.82, 2.24) is 0 Å². The highest BCUT2D eigenvalue weighted by Gasteiger charge is 2.20. The van der Waals surface area contributed by atoms with Crippen LogP contribution in [-0.4, -0.2) is 22.6 Å². The van der Waals surface area contributed by atoms with E-state index in [9.17, 15) is 14.4 Å². The first-order chi connectivity index (χ1) is 6.34. The second-order valence-electron chi connectivity index (χ2n) is 3.85. The van der Waals surface area contributed by atoms with Crippen molar-refractivity contribution in [1.29, 1.82) is 0 Å². The lowest BCUT2D eigenvalue weighted by atomic mass is 9.95. The maximum atomic E-state index is 11.2. The van der Waals surface area contributed by atoms with Crippen molar-refractivity contribution in [3.8, 4) is 0 Å². The molecule has 80 valence electrons. The van der Waals surface area contributed by atoms with Gasteiger partial charge in [0.2, 0.25) is 5.78 Å². The van der Waals surface area contributed by atoms with E-state index in [4.69, 9.17) is 5.11 Å². The molecule has 0 aliphatic heterocycles. The average Bonchev–Trinajstić information content (AvgIpc) is 2.00. The number of Topliss-reactive ketones (excluding diaryl/α,β-unsaturated/α-hetero) is 2. The summed E-state index contributed by atoms with van der Waals surface area (Å²) in [4.78, 5) is 32.7. The fourth-order valence-electron chi connectivity index (χ4n) is 1.11. The Bertz CT molecular complexity index is 243. The van der Waals surface area contributed by atoms with Crippen LogP contribution in [0.2, 0.25) is 0 Å². The predicted octanol–water partition coefficient (Wildman–Crippen LogP) is 1.28. The van der Waals surface area contributed by atoms with E-state index in [-0.39, 0.29) is 24.7 Å². The molecule has 0 aliphatic rings. The first-order valence-corrected chi connectivity index (χ1v) is 4.63. The van der Waals surface area contributed by atoms with Crippen LogP contribution in [0, 0.1) is 11.8 Å². The zero-order valence-electron chi connectivity index (χ0n) is 8.74. The number of carbonyl (C=O) groups is 3. The molecular weight excluding hydrogens is 184 g/mol. The van der Waals surface area contributed by atoms with Crippen molar-refractivity contribution in [2.24, 2.45) is 11.8 Å². The van der Waals surface area contributed by atoms with E-state index in [1.807, 2.05) is 0 Å². The molecule has 0 heterocycles. The van der Waals surface area contributed by atoms with Gasteiger partial charge >= 0.3 is 5.97 Å². The van der Waals surface area contributed by atoms with Gasteiger partial charge in [-0.3, -0.25) is 14.4 Å². The lowest BCUT2D eigenvalue weighted by Gasteiger charge is -2.07. The smallest absolute Gasteiger partial charge is 0.303 e. The van der Waals surface area contributed by atoms with Crippen molar-refractivity contribution in [2.45, 2.75) is 33.6 Å². The van der Waals surface area contributed by atoms with Crippen LogP contribution in [0.5, 0.6) is 0 Å². The van der Waals surface area contributed by atoms with Gasteiger partial charge in [-0.25, -0.2) is 0 Å². The first kappa shape index (κ1) is 12.8. The largest absolute Gasteiger partial charge is 0.481 e.